The van der Waals surface area contributed by atoms with Crippen molar-refractivity contribution >= 4 is 24.3 Å². The van der Waals surface area contributed by atoms with Crippen LogP contribution in [0.1, 0.15) is 6.92 Å². The normalized spacial score (nSPS) is 26.4. The van der Waals surface area contributed by atoms with Gasteiger partial charge in [-0.3, -0.25) is 14.5 Å². The second-order valence-corrected chi connectivity index (χ2v) is 4.06. The molecule has 18 heavy (non-hydrogen) atoms. The summed E-state index contributed by atoms with van der Waals surface area (Å²) < 4.78 is 37.7. The van der Waals surface area contributed by atoms with Gasteiger partial charge in [-0.25, -0.2) is 0 Å². The highest BCUT2D eigenvalue weighted by atomic mass is 35.5. The molecule has 1 heterocycles. The maximum Gasteiger partial charge on any atom is 0.393 e. The summed E-state index contributed by atoms with van der Waals surface area (Å²) >= 11 is 0. The van der Waals surface area contributed by atoms with Gasteiger partial charge >= 0.3 is 18.1 Å². The fourth-order valence-corrected chi connectivity index (χ4v) is 1.89. The van der Waals surface area contributed by atoms with Crippen molar-refractivity contribution < 1.29 is 33.0 Å². The van der Waals surface area contributed by atoms with Gasteiger partial charge < -0.3 is 10.2 Å². The van der Waals surface area contributed by atoms with E-state index in [0.717, 1.165) is 4.90 Å². The first kappa shape index (κ1) is 17.0. The summed E-state index contributed by atoms with van der Waals surface area (Å²) in [6.45, 7) is 0.251. The molecule has 1 rings (SSSR count). The van der Waals surface area contributed by atoms with Crippen LogP contribution in [0.3, 0.4) is 0 Å². The lowest BCUT2D eigenvalue weighted by Gasteiger charge is -2.20. The lowest BCUT2D eigenvalue weighted by molar-refractivity contribution is -0.188. The van der Waals surface area contributed by atoms with Crippen LogP contribution in [0.5, 0.6) is 0 Å². The molecule has 0 aromatic heterocycles. The fourth-order valence-electron chi connectivity index (χ4n) is 1.89. The molecule has 106 valence electrons. The molecule has 9 heteroatoms. The SMILES string of the molecule is CC(C(=O)O)N1C[C@@H](C(F)(F)F)[C@H](C(=O)O)C1.Cl. The zero-order valence-electron chi connectivity index (χ0n) is 9.35. The van der Waals surface area contributed by atoms with Gasteiger partial charge in [0, 0.05) is 13.1 Å². The molecule has 5 nitrogen and oxygen atoms in total. The van der Waals surface area contributed by atoms with E-state index in [9.17, 15) is 22.8 Å². The van der Waals surface area contributed by atoms with Gasteiger partial charge in [-0.1, -0.05) is 0 Å². The quantitative estimate of drug-likeness (QED) is 0.813. The lowest BCUT2D eigenvalue weighted by Crippen LogP contribution is -2.38. The van der Waals surface area contributed by atoms with Crippen molar-refractivity contribution in [3.63, 3.8) is 0 Å². The van der Waals surface area contributed by atoms with Crippen molar-refractivity contribution in [2.24, 2.45) is 11.8 Å². The number of carbonyl (C=O) groups is 2. The van der Waals surface area contributed by atoms with E-state index in [1.807, 2.05) is 0 Å². The minimum absolute atomic E-state index is 0. The Morgan fingerprint density at radius 2 is 1.78 bits per heavy atom. The number of carboxylic acids is 2. The van der Waals surface area contributed by atoms with E-state index in [1.54, 1.807) is 0 Å². The van der Waals surface area contributed by atoms with E-state index in [2.05, 4.69) is 0 Å². The Balaban J connectivity index is 0.00000289. The van der Waals surface area contributed by atoms with Crippen LogP contribution in [0.15, 0.2) is 0 Å². The average molecular weight is 292 g/mol. The summed E-state index contributed by atoms with van der Waals surface area (Å²) in [5, 5.41) is 17.4. The van der Waals surface area contributed by atoms with E-state index in [0.29, 0.717) is 0 Å². The fraction of sp³-hybridized carbons (Fsp3) is 0.778. The smallest absolute Gasteiger partial charge is 0.393 e. The van der Waals surface area contributed by atoms with Gasteiger partial charge in [0.2, 0.25) is 0 Å². The third-order valence-corrected chi connectivity index (χ3v) is 2.99. The van der Waals surface area contributed by atoms with Crippen LogP contribution in [-0.4, -0.2) is 52.4 Å². The zero-order chi connectivity index (χ0) is 13.4. The molecule has 0 aliphatic carbocycles. The number of nitrogens with zero attached hydrogens (tertiary/aromatic N) is 1. The van der Waals surface area contributed by atoms with Gasteiger partial charge in [0.05, 0.1) is 11.8 Å². The van der Waals surface area contributed by atoms with Crippen molar-refractivity contribution in [3.8, 4) is 0 Å². The van der Waals surface area contributed by atoms with Crippen LogP contribution < -0.4 is 0 Å². The highest BCUT2D eigenvalue weighted by Gasteiger charge is 2.53. The number of hydrogen-bond acceptors (Lipinski definition) is 3. The Morgan fingerprint density at radius 3 is 2.06 bits per heavy atom. The number of hydrogen-bond donors (Lipinski definition) is 2. The molecule has 1 aliphatic heterocycles. The maximum atomic E-state index is 12.6. The predicted molar refractivity (Wildman–Crippen MR) is 56.6 cm³/mol. The number of halogens is 4. The standard InChI is InChI=1S/C9H12F3NO4.ClH/c1-4(7(14)15)13-2-5(8(16)17)6(3-13)9(10,11)12;/h4-6H,2-3H2,1H3,(H,14,15)(H,16,17);1H/t4?,5-,6-;/m1./s1. The van der Waals surface area contributed by atoms with Crippen molar-refractivity contribution in [3.05, 3.63) is 0 Å². The number of alkyl halides is 3. The molecular weight excluding hydrogens is 279 g/mol. The molecule has 0 aromatic carbocycles. The molecule has 1 unspecified atom stereocenters. The first-order valence-electron chi connectivity index (χ1n) is 4.91. The summed E-state index contributed by atoms with van der Waals surface area (Å²) in [6, 6.07) is -1.12. The van der Waals surface area contributed by atoms with Gasteiger partial charge in [-0.15, -0.1) is 12.4 Å². The van der Waals surface area contributed by atoms with Crippen molar-refractivity contribution in [2.45, 2.75) is 19.1 Å². The summed E-state index contributed by atoms with van der Waals surface area (Å²) in [5.41, 5.74) is 0. The Kier molecular flexibility index (Phi) is 5.42. The molecule has 0 aromatic rings. The maximum absolute atomic E-state index is 12.6. The van der Waals surface area contributed by atoms with Crippen LogP contribution in [0.25, 0.3) is 0 Å². The Labute approximate surface area is 107 Å². The topological polar surface area (TPSA) is 77.8 Å². The summed E-state index contributed by atoms with van der Waals surface area (Å²) in [5.74, 6) is -6.43. The number of likely N-dealkylation sites (tertiary alicyclic amines) is 1. The molecule has 0 spiro atoms. The highest BCUT2D eigenvalue weighted by Crippen LogP contribution is 2.38. The van der Waals surface area contributed by atoms with Crippen molar-refractivity contribution in [1.29, 1.82) is 0 Å². The van der Waals surface area contributed by atoms with Crippen LogP contribution in [0.4, 0.5) is 13.2 Å². The van der Waals surface area contributed by atoms with E-state index in [4.69, 9.17) is 10.2 Å². The Morgan fingerprint density at radius 1 is 1.28 bits per heavy atom. The summed E-state index contributed by atoms with van der Waals surface area (Å²) in [7, 11) is 0. The lowest BCUT2D eigenvalue weighted by atomic mass is 9.96. The summed E-state index contributed by atoms with van der Waals surface area (Å²) in [4.78, 5) is 22.4. The summed E-state index contributed by atoms with van der Waals surface area (Å²) in [6.07, 6.45) is -4.63. The molecule has 1 saturated heterocycles. The van der Waals surface area contributed by atoms with Crippen LogP contribution >= 0.6 is 12.4 Å². The molecule has 0 saturated carbocycles. The van der Waals surface area contributed by atoms with E-state index >= 15 is 0 Å². The molecule has 1 aliphatic rings. The second kappa shape index (κ2) is 5.75. The Bertz CT molecular complexity index is 336. The Hall–Kier alpha value is -1.02. The molecule has 0 amide bonds. The monoisotopic (exact) mass is 291 g/mol. The predicted octanol–water partition coefficient (Wildman–Crippen LogP) is 1.08. The molecule has 0 bridgehead atoms. The number of rotatable bonds is 3. The minimum Gasteiger partial charge on any atom is -0.481 e. The highest BCUT2D eigenvalue weighted by molar-refractivity contribution is 5.85. The van der Waals surface area contributed by atoms with Gasteiger partial charge in [0.1, 0.15) is 6.04 Å². The average Bonchev–Trinajstić information content (AvgIpc) is 2.59. The van der Waals surface area contributed by atoms with Crippen LogP contribution in [0.2, 0.25) is 0 Å². The minimum atomic E-state index is -4.63. The third-order valence-electron chi connectivity index (χ3n) is 2.99. The number of aliphatic carboxylic acids is 2. The molecular formula is C9H13ClF3NO4. The molecule has 0 radical (unpaired) electrons. The van der Waals surface area contributed by atoms with Crippen LogP contribution in [-0.2, 0) is 9.59 Å². The number of carboxylic acid groups (broad SMARTS) is 2. The zero-order valence-corrected chi connectivity index (χ0v) is 10.2. The molecule has 2 N–H and O–H groups in total. The van der Waals surface area contributed by atoms with Gasteiger partial charge in [-0.2, -0.15) is 13.2 Å². The van der Waals surface area contributed by atoms with Crippen molar-refractivity contribution in [2.75, 3.05) is 13.1 Å². The molecule has 1 fully saturated rings. The first-order valence-corrected chi connectivity index (χ1v) is 4.91. The molecule has 3 atom stereocenters. The van der Waals surface area contributed by atoms with E-state index in [1.165, 1.54) is 6.92 Å². The van der Waals surface area contributed by atoms with Gasteiger partial charge in [-0.05, 0) is 6.92 Å². The first-order chi connectivity index (χ1) is 7.64. The third kappa shape index (κ3) is 3.49. The largest absolute Gasteiger partial charge is 0.481 e. The van der Waals surface area contributed by atoms with Crippen LogP contribution in [0, 0.1) is 11.8 Å². The van der Waals surface area contributed by atoms with Gasteiger partial charge in [0.25, 0.3) is 0 Å². The van der Waals surface area contributed by atoms with E-state index < -0.39 is 49.1 Å². The second-order valence-electron chi connectivity index (χ2n) is 4.06. The van der Waals surface area contributed by atoms with Crippen molar-refractivity contribution in [1.82, 2.24) is 4.90 Å². The van der Waals surface area contributed by atoms with Gasteiger partial charge in [0.15, 0.2) is 0 Å². The van der Waals surface area contributed by atoms with E-state index in [-0.39, 0.29) is 12.4 Å².